The number of aromatic hydroxyl groups is 1. The number of nitrogens with one attached hydrogen (secondary N) is 1. The number of phenols is 1. The van der Waals surface area contributed by atoms with Crippen molar-refractivity contribution in [3.05, 3.63) is 64.4 Å². The average Bonchev–Trinajstić information content (AvgIpc) is 2.38. The molecule has 20 heavy (non-hydrogen) atoms. The van der Waals surface area contributed by atoms with Crippen molar-refractivity contribution in [3.8, 4) is 5.75 Å². The zero-order valence-electron chi connectivity index (χ0n) is 10.7. The molecule has 1 unspecified atom stereocenters. The molecule has 0 aliphatic carbocycles. The number of carbonyl (C=O) groups is 1. The summed E-state index contributed by atoms with van der Waals surface area (Å²) in [6.07, 6.45) is 0. The van der Waals surface area contributed by atoms with Crippen LogP contribution in [0.5, 0.6) is 5.75 Å². The van der Waals surface area contributed by atoms with Gasteiger partial charge in [0.2, 0.25) is 0 Å². The highest BCUT2D eigenvalue weighted by Gasteiger charge is 2.15. The minimum atomic E-state index is -0.448. The monoisotopic (exact) mass is 293 g/mol. The highest BCUT2D eigenvalue weighted by atomic mass is 35.5. The number of amides is 1. The molecule has 104 valence electrons. The number of phenolic OH excluding ortho intramolecular Hbond substituents is 1. The van der Waals surface area contributed by atoms with Crippen LogP contribution in [0.2, 0.25) is 5.02 Å². The minimum Gasteiger partial charge on any atom is -0.507 e. The van der Waals surface area contributed by atoms with Crippen molar-refractivity contribution in [1.82, 2.24) is 5.32 Å². The predicted molar refractivity (Wildman–Crippen MR) is 75.4 cm³/mol. The maximum absolute atomic E-state index is 13.1. The summed E-state index contributed by atoms with van der Waals surface area (Å²) >= 11 is 5.71. The van der Waals surface area contributed by atoms with Gasteiger partial charge in [-0.15, -0.1) is 0 Å². The van der Waals surface area contributed by atoms with Gasteiger partial charge in [0.25, 0.3) is 5.91 Å². The minimum absolute atomic E-state index is 0.123. The molecule has 0 spiro atoms. The summed E-state index contributed by atoms with van der Waals surface area (Å²) in [7, 11) is 0. The summed E-state index contributed by atoms with van der Waals surface area (Å²) in [6.45, 7) is 1.74. The fourth-order valence-electron chi connectivity index (χ4n) is 1.83. The normalized spacial score (nSPS) is 11.9. The summed E-state index contributed by atoms with van der Waals surface area (Å²) in [5.74, 6) is -1.00. The fraction of sp³-hybridized carbons (Fsp3) is 0.133. The molecule has 2 aromatic carbocycles. The lowest BCUT2D eigenvalue weighted by atomic mass is 10.1. The van der Waals surface area contributed by atoms with Crippen molar-refractivity contribution >= 4 is 17.5 Å². The molecule has 0 saturated carbocycles. The Kier molecular flexibility index (Phi) is 4.25. The van der Waals surface area contributed by atoms with Crippen molar-refractivity contribution in [1.29, 1.82) is 0 Å². The summed E-state index contributed by atoms with van der Waals surface area (Å²) in [6, 6.07) is 9.85. The van der Waals surface area contributed by atoms with Gasteiger partial charge in [0.15, 0.2) is 0 Å². The van der Waals surface area contributed by atoms with Crippen molar-refractivity contribution in [3.63, 3.8) is 0 Å². The SMILES string of the molecule is CC(NC(=O)c1ccc(Cl)cc1O)c1cccc(F)c1. The highest BCUT2D eigenvalue weighted by molar-refractivity contribution is 6.30. The Bertz CT molecular complexity index is 646. The van der Waals surface area contributed by atoms with Crippen molar-refractivity contribution < 1.29 is 14.3 Å². The van der Waals surface area contributed by atoms with Crippen LogP contribution >= 0.6 is 11.6 Å². The van der Waals surface area contributed by atoms with Gasteiger partial charge in [-0.3, -0.25) is 4.79 Å². The molecule has 0 aliphatic heterocycles. The lowest BCUT2D eigenvalue weighted by Crippen LogP contribution is -2.26. The number of carbonyl (C=O) groups excluding carboxylic acids is 1. The van der Waals surface area contributed by atoms with Gasteiger partial charge in [-0.25, -0.2) is 4.39 Å². The molecule has 0 aliphatic rings. The lowest BCUT2D eigenvalue weighted by molar-refractivity contribution is 0.0937. The van der Waals surface area contributed by atoms with Crippen LogP contribution in [0.3, 0.4) is 0 Å². The first-order valence-corrected chi connectivity index (χ1v) is 6.40. The molecule has 1 atom stereocenters. The molecule has 0 bridgehead atoms. The summed E-state index contributed by atoms with van der Waals surface area (Å²) < 4.78 is 13.1. The van der Waals surface area contributed by atoms with Gasteiger partial charge < -0.3 is 10.4 Å². The zero-order chi connectivity index (χ0) is 14.7. The van der Waals surface area contributed by atoms with E-state index in [4.69, 9.17) is 11.6 Å². The largest absolute Gasteiger partial charge is 0.507 e. The van der Waals surface area contributed by atoms with Crippen LogP contribution in [0, 0.1) is 5.82 Å². The highest BCUT2D eigenvalue weighted by Crippen LogP contribution is 2.23. The number of hydrogen-bond donors (Lipinski definition) is 2. The Labute approximate surface area is 121 Å². The van der Waals surface area contributed by atoms with E-state index in [1.807, 2.05) is 0 Å². The summed E-state index contributed by atoms with van der Waals surface area (Å²) in [5, 5.41) is 12.7. The van der Waals surface area contributed by atoms with Crippen LogP contribution in [-0.4, -0.2) is 11.0 Å². The number of benzene rings is 2. The smallest absolute Gasteiger partial charge is 0.255 e. The van der Waals surface area contributed by atoms with Gasteiger partial charge in [-0.05, 0) is 42.8 Å². The molecule has 2 N–H and O–H groups in total. The van der Waals surface area contributed by atoms with E-state index in [1.54, 1.807) is 19.1 Å². The molecule has 0 heterocycles. The molecular weight excluding hydrogens is 281 g/mol. The third-order valence-electron chi connectivity index (χ3n) is 2.90. The molecule has 0 radical (unpaired) electrons. The quantitative estimate of drug-likeness (QED) is 0.907. The first kappa shape index (κ1) is 14.3. The van der Waals surface area contributed by atoms with E-state index < -0.39 is 5.91 Å². The predicted octanol–water partition coefficient (Wildman–Crippen LogP) is 3.68. The van der Waals surface area contributed by atoms with E-state index >= 15 is 0 Å². The van der Waals surface area contributed by atoms with Crippen LogP contribution < -0.4 is 5.32 Å². The first-order valence-electron chi connectivity index (χ1n) is 6.02. The van der Waals surface area contributed by atoms with E-state index in [0.717, 1.165) is 0 Å². The van der Waals surface area contributed by atoms with E-state index in [2.05, 4.69) is 5.32 Å². The Morgan fingerprint density at radius 1 is 1.30 bits per heavy atom. The molecule has 0 fully saturated rings. The molecule has 2 aromatic rings. The Hall–Kier alpha value is -2.07. The third-order valence-corrected chi connectivity index (χ3v) is 3.14. The van der Waals surface area contributed by atoms with Crippen LogP contribution in [0.1, 0.15) is 28.9 Å². The third kappa shape index (κ3) is 3.27. The summed E-state index contributed by atoms with van der Waals surface area (Å²) in [4.78, 5) is 12.0. The van der Waals surface area contributed by atoms with Gasteiger partial charge in [0.1, 0.15) is 11.6 Å². The summed E-state index contributed by atoms with van der Waals surface area (Å²) in [5.41, 5.74) is 0.768. The van der Waals surface area contributed by atoms with Gasteiger partial charge in [0.05, 0.1) is 11.6 Å². The first-order chi connectivity index (χ1) is 9.47. The topological polar surface area (TPSA) is 49.3 Å². The van der Waals surface area contributed by atoms with Gasteiger partial charge in [-0.1, -0.05) is 23.7 Å². The van der Waals surface area contributed by atoms with Gasteiger partial charge >= 0.3 is 0 Å². The Morgan fingerprint density at radius 2 is 2.05 bits per heavy atom. The molecule has 0 saturated heterocycles. The second-order valence-corrected chi connectivity index (χ2v) is 4.85. The average molecular weight is 294 g/mol. The number of halogens is 2. The Morgan fingerprint density at radius 3 is 2.70 bits per heavy atom. The van der Waals surface area contributed by atoms with E-state index in [0.29, 0.717) is 10.6 Å². The van der Waals surface area contributed by atoms with E-state index in [1.165, 1.54) is 30.3 Å². The molecule has 3 nitrogen and oxygen atoms in total. The van der Waals surface area contributed by atoms with E-state index in [9.17, 15) is 14.3 Å². The lowest BCUT2D eigenvalue weighted by Gasteiger charge is -2.15. The van der Waals surface area contributed by atoms with Crippen LogP contribution in [0.15, 0.2) is 42.5 Å². The maximum Gasteiger partial charge on any atom is 0.255 e. The van der Waals surface area contributed by atoms with E-state index in [-0.39, 0.29) is 23.2 Å². The molecule has 5 heteroatoms. The zero-order valence-corrected chi connectivity index (χ0v) is 11.5. The molecule has 2 rings (SSSR count). The number of hydrogen-bond acceptors (Lipinski definition) is 2. The van der Waals surface area contributed by atoms with Gasteiger partial charge in [0, 0.05) is 5.02 Å². The molecular formula is C15H13ClFNO2. The Balaban J connectivity index is 2.15. The van der Waals surface area contributed by atoms with Crippen molar-refractivity contribution in [2.75, 3.05) is 0 Å². The second kappa shape index (κ2) is 5.92. The van der Waals surface area contributed by atoms with Crippen LogP contribution in [0.25, 0.3) is 0 Å². The maximum atomic E-state index is 13.1. The van der Waals surface area contributed by atoms with Crippen LogP contribution in [0.4, 0.5) is 4.39 Å². The van der Waals surface area contributed by atoms with Crippen LogP contribution in [-0.2, 0) is 0 Å². The van der Waals surface area contributed by atoms with Crippen molar-refractivity contribution in [2.24, 2.45) is 0 Å². The molecule has 0 aromatic heterocycles. The second-order valence-electron chi connectivity index (χ2n) is 4.41. The van der Waals surface area contributed by atoms with Gasteiger partial charge in [-0.2, -0.15) is 0 Å². The molecule has 1 amide bonds. The standard InChI is InChI=1S/C15H13ClFNO2/c1-9(10-3-2-4-12(17)7-10)18-15(20)13-6-5-11(16)8-14(13)19/h2-9,19H,1H3,(H,18,20). The van der Waals surface area contributed by atoms with Crippen molar-refractivity contribution in [2.45, 2.75) is 13.0 Å². The number of rotatable bonds is 3. The fourth-order valence-corrected chi connectivity index (χ4v) is 2.00.